The molecule has 0 unspecified atom stereocenters. The van der Waals surface area contributed by atoms with Crippen LogP contribution in [-0.2, 0) is 6.54 Å². The fourth-order valence-electron chi connectivity index (χ4n) is 4.77. The lowest BCUT2D eigenvalue weighted by Crippen LogP contribution is -2.29. The molecule has 0 saturated carbocycles. The first-order chi connectivity index (χ1) is 16.0. The zero-order valence-electron chi connectivity index (χ0n) is 18.6. The highest BCUT2D eigenvalue weighted by atomic mass is 79.9. The molecule has 0 spiro atoms. The van der Waals surface area contributed by atoms with Gasteiger partial charge >= 0.3 is 0 Å². The van der Waals surface area contributed by atoms with Gasteiger partial charge in [0, 0.05) is 34.3 Å². The maximum Gasteiger partial charge on any atom is 0.170 e. The van der Waals surface area contributed by atoms with Crippen LogP contribution < -0.4 is 5.32 Å². The summed E-state index contributed by atoms with van der Waals surface area (Å²) in [7, 11) is 0. The van der Waals surface area contributed by atoms with Gasteiger partial charge in [0.2, 0.25) is 0 Å². The lowest BCUT2D eigenvalue weighted by atomic mass is 9.96. The molecule has 1 N–H and O–H groups in total. The Balaban J connectivity index is 1.61. The van der Waals surface area contributed by atoms with Gasteiger partial charge in [0.1, 0.15) is 0 Å². The van der Waals surface area contributed by atoms with E-state index in [9.17, 15) is 0 Å². The third-order valence-electron chi connectivity index (χ3n) is 6.27. The number of pyridine rings is 1. The van der Waals surface area contributed by atoms with Gasteiger partial charge in [-0.25, -0.2) is 0 Å². The summed E-state index contributed by atoms with van der Waals surface area (Å²) in [5, 5.41) is 4.33. The molecule has 0 radical (unpaired) electrons. The SMILES string of the molecule is Cc1cc([C@@H]2[C@H](c3ccccn3)NC(=S)N2Cc2ccccc2)c(C)n1-c1ccc(Br)cc1. The number of halogens is 1. The number of aryl methyl sites for hydroxylation is 1. The number of rotatable bonds is 5. The number of hydrogen-bond donors (Lipinski definition) is 1. The summed E-state index contributed by atoms with van der Waals surface area (Å²) < 4.78 is 3.39. The Bertz CT molecular complexity index is 1270. The summed E-state index contributed by atoms with van der Waals surface area (Å²) in [6.07, 6.45) is 1.85. The predicted molar refractivity (Wildman–Crippen MR) is 140 cm³/mol. The molecular formula is C27H25BrN4S. The van der Waals surface area contributed by atoms with Crippen LogP contribution in [0.15, 0.2) is 89.5 Å². The van der Waals surface area contributed by atoms with Crippen LogP contribution in [0.3, 0.4) is 0 Å². The molecule has 1 saturated heterocycles. The highest BCUT2D eigenvalue weighted by Gasteiger charge is 2.41. The van der Waals surface area contributed by atoms with Crippen LogP contribution >= 0.6 is 28.1 Å². The van der Waals surface area contributed by atoms with Crippen molar-refractivity contribution in [2.24, 2.45) is 0 Å². The molecular weight excluding hydrogens is 492 g/mol. The minimum atomic E-state index is -0.0266. The van der Waals surface area contributed by atoms with Crippen LogP contribution in [0.5, 0.6) is 0 Å². The molecule has 33 heavy (non-hydrogen) atoms. The predicted octanol–water partition coefficient (Wildman–Crippen LogP) is 6.42. The fourth-order valence-corrected chi connectivity index (χ4v) is 5.34. The third-order valence-corrected chi connectivity index (χ3v) is 7.15. The van der Waals surface area contributed by atoms with Gasteiger partial charge in [-0.05, 0) is 79.7 Å². The lowest BCUT2D eigenvalue weighted by Gasteiger charge is -2.28. The number of aromatic nitrogens is 2. The molecule has 0 aliphatic carbocycles. The zero-order valence-corrected chi connectivity index (χ0v) is 21.0. The molecule has 6 heteroatoms. The van der Waals surface area contributed by atoms with Crippen molar-refractivity contribution in [3.05, 3.63) is 118 Å². The third kappa shape index (κ3) is 4.21. The maximum atomic E-state index is 5.86. The number of nitrogens with one attached hydrogen (secondary N) is 1. The lowest BCUT2D eigenvalue weighted by molar-refractivity contribution is 0.310. The second kappa shape index (κ2) is 9.12. The van der Waals surface area contributed by atoms with Crippen molar-refractivity contribution < 1.29 is 0 Å². The van der Waals surface area contributed by atoms with Crippen molar-refractivity contribution in [3.8, 4) is 5.69 Å². The number of nitrogens with zero attached hydrogens (tertiary/aromatic N) is 3. The molecule has 3 heterocycles. The zero-order chi connectivity index (χ0) is 22.9. The molecule has 0 amide bonds. The minimum Gasteiger partial charge on any atom is -0.352 e. The average Bonchev–Trinajstić information content (AvgIpc) is 3.31. The van der Waals surface area contributed by atoms with Crippen molar-refractivity contribution in [1.29, 1.82) is 0 Å². The Morgan fingerprint density at radius 3 is 2.39 bits per heavy atom. The number of benzene rings is 2. The molecule has 2 aromatic carbocycles. The Labute approximate surface area is 208 Å². The Morgan fingerprint density at radius 1 is 0.970 bits per heavy atom. The highest BCUT2D eigenvalue weighted by Crippen LogP contribution is 2.42. The molecule has 2 atom stereocenters. The summed E-state index contributed by atoms with van der Waals surface area (Å²) in [5.74, 6) is 0. The molecule has 1 fully saturated rings. The molecule has 166 valence electrons. The van der Waals surface area contributed by atoms with E-state index in [-0.39, 0.29) is 12.1 Å². The normalized spacial score (nSPS) is 17.9. The van der Waals surface area contributed by atoms with Gasteiger partial charge in [-0.2, -0.15) is 0 Å². The molecule has 2 aromatic heterocycles. The summed E-state index contributed by atoms with van der Waals surface area (Å²) in [4.78, 5) is 6.98. The van der Waals surface area contributed by atoms with Crippen molar-refractivity contribution >= 4 is 33.3 Å². The Morgan fingerprint density at radius 2 is 1.70 bits per heavy atom. The van der Waals surface area contributed by atoms with Gasteiger partial charge in [-0.3, -0.25) is 4.98 Å². The first-order valence-corrected chi connectivity index (χ1v) is 12.2. The highest BCUT2D eigenvalue weighted by molar-refractivity contribution is 9.10. The van der Waals surface area contributed by atoms with E-state index in [0.717, 1.165) is 27.5 Å². The minimum absolute atomic E-state index is 0.0266. The van der Waals surface area contributed by atoms with Gasteiger partial charge in [-0.1, -0.05) is 52.3 Å². The first-order valence-electron chi connectivity index (χ1n) is 11.0. The van der Waals surface area contributed by atoms with Crippen molar-refractivity contribution in [2.75, 3.05) is 0 Å². The van der Waals surface area contributed by atoms with Crippen molar-refractivity contribution in [2.45, 2.75) is 32.5 Å². The number of thiocarbonyl (C=S) groups is 1. The largest absolute Gasteiger partial charge is 0.352 e. The maximum absolute atomic E-state index is 5.86. The van der Waals surface area contributed by atoms with Gasteiger partial charge < -0.3 is 14.8 Å². The summed E-state index contributed by atoms with van der Waals surface area (Å²) >= 11 is 9.41. The topological polar surface area (TPSA) is 33.1 Å². The van der Waals surface area contributed by atoms with Gasteiger partial charge in [-0.15, -0.1) is 0 Å². The quantitative estimate of drug-likeness (QED) is 0.310. The average molecular weight is 517 g/mol. The van der Waals surface area contributed by atoms with Gasteiger partial charge in [0.25, 0.3) is 0 Å². The Hall–Kier alpha value is -2.96. The van der Waals surface area contributed by atoms with Gasteiger partial charge in [0.15, 0.2) is 5.11 Å². The monoisotopic (exact) mass is 516 g/mol. The van der Waals surface area contributed by atoms with Crippen LogP contribution in [0, 0.1) is 13.8 Å². The van der Waals surface area contributed by atoms with Crippen LogP contribution in [0.4, 0.5) is 0 Å². The molecule has 4 aromatic rings. The van der Waals surface area contributed by atoms with Crippen molar-refractivity contribution in [1.82, 2.24) is 19.8 Å². The van der Waals surface area contributed by atoms with E-state index in [4.69, 9.17) is 12.2 Å². The van der Waals surface area contributed by atoms with E-state index in [1.54, 1.807) is 0 Å². The second-order valence-electron chi connectivity index (χ2n) is 8.38. The summed E-state index contributed by atoms with van der Waals surface area (Å²) in [6.45, 7) is 5.10. The summed E-state index contributed by atoms with van der Waals surface area (Å²) in [5.41, 5.74) is 7.04. The van der Waals surface area contributed by atoms with Crippen molar-refractivity contribution in [3.63, 3.8) is 0 Å². The van der Waals surface area contributed by atoms with Crippen LogP contribution in [0.25, 0.3) is 5.69 Å². The number of hydrogen-bond acceptors (Lipinski definition) is 2. The van der Waals surface area contributed by atoms with Crippen LogP contribution in [0.1, 0.15) is 40.3 Å². The van der Waals surface area contributed by atoms with Crippen LogP contribution in [0.2, 0.25) is 0 Å². The standard InChI is InChI=1S/C27H25BrN4S/c1-18-16-23(19(2)32(18)22-13-11-21(28)12-14-22)26-25(24-10-6-7-15-29-24)30-27(33)31(26)17-20-8-4-3-5-9-20/h3-16,25-26H,17H2,1-2H3,(H,30,33)/t25-,26+/m0/s1. The molecule has 1 aliphatic rings. The van der Waals surface area contributed by atoms with E-state index in [1.807, 2.05) is 24.4 Å². The smallest absolute Gasteiger partial charge is 0.170 e. The van der Waals surface area contributed by atoms with Gasteiger partial charge in [0.05, 0.1) is 17.8 Å². The molecule has 1 aliphatic heterocycles. The van der Waals surface area contributed by atoms with E-state index >= 15 is 0 Å². The van der Waals surface area contributed by atoms with E-state index in [0.29, 0.717) is 0 Å². The molecule has 4 nitrogen and oxygen atoms in total. The Kier molecular flexibility index (Phi) is 6.04. The summed E-state index contributed by atoms with van der Waals surface area (Å²) in [6, 6.07) is 27.3. The van der Waals surface area contributed by atoms with E-state index < -0.39 is 0 Å². The van der Waals surface area contributed by atoms with Crippen LogP contribution in [-0.4, -0.2) is 19.6 Å². The first kappa shape index (κ1) is 21.9. The van der Waals surface area contributed by atoms with E-state index in [2.05, 4.69) is 110 Å². The van der Waals surface area contributed by atoms with E-state index in [1.165, 1.54) is 22.5 Å². The molecule has 5 rings (SSSR count). The second-order valence-corrected chi connectivity index (χ2v) is 9.68. The fraction of sp³-hybridized carbons (Fsp3) is 0.185. The molecule has 0 bridgehead atoms.